The lowest BCUT2D eigenvalue weighted by atomic mass is 10.1. The minimum Gasteiger partial charge on any atom is -0.481 e. The van der Waals surface area contributed by atoms with Crippen molar-refractivity contribution in [3.8, 4) is 0 Å². The fourth-order valence-corrected chi connectivity index (χ4v) is 2.88. The number of benzene rings is 1. The maximum atomic E-state index is 12.1. The molecule has 2 rings (SSSR count). The number of anilines is 1. The Hall–Kier alpha value is -1.11. The number of rotatable bonds is 3. The Bertz CT molecular complexity index is 513. The summed E-state index contributed by atoms with van der Waals surface area (Å²) in [5.41, 5.74) is 0.269. The lowest BCUT2D eigenvalue weighted by molar-refractivity contribution is -0.140. The topological polar surface area (TPSA) is 66.4 Å². The zero-order valence-electron chi connectivity index (χ0n) is 10.1. The van der Waals surface area contributed by atoms with Gasteiger partial charge in [-0.2, -0.15) is 0 Å². The smallest absolute Gasteiger partial charge is 0.307 e. The molecule has 0 saturated heterocycles. The van der Waals surface area contributed by atoms with E-state index in [9.17, 15) is 9.59 Å². The van der Waals surface area contributed by atoms with Gasteiger partial charge in [0.1, 0.15) is 0 Å². The molecule has 0 bridgehead atoms. The summed E-state index contributed by atoms with van der Waals surface area (Å²) in [6, 6.07) is 7.43. The molecule has 0 heterocycles. The Morgan fingerprint density at radius 3 is 2.39 bits per heavy atom. The maximum absolute atomic E-state index is 12.1. The molecule has 1 aromatic carbocycles. The van der Waals surface area contributed by atoms with Crippen LogP contribution >= 0.6 is 22.6 Å². The van der Waals surface area contributed by atoms with Gasteiger partial charge in [0.05, 0.1) is 17.5 Å². The van der Waals surface area contributed by atoms with Gasteiger partial charge < -0.3 is 10.4 Å². The summed E-state index contributed by atoms with van der Waals surface area (Å²) in [7, 11) is 0. The number of hydrogen-bond acceptors (Lipinski definition) is 2. The number of nitrogens with one attached hydrogen (secondary N) is 1. The fraction of sp³-hybridized carbons (Fsp3) is 0.385. The van der Waals surface area contributed by atoms with Crippen LogP contribution in [0.15, 0.2) is 24.3 Å². The lowest BCUT2D eigenvalue weighted by Crippen LogP contribution is -2.18. The summed E-state index contributed by atoms with van der Waals surface area (Å²) in [5, 5.41) is 11.9. The molecule has 96 valence electrons. The van der Waals surface area contributed by atoms with Gasteiger partial charge in [0.2, 0.25) is 5.91 Å². The van der Waals surface area contributed by atoms with Crippen molar-refractivity contribution in [2.75, 3.05) is 5.32 Å². The summed E-state index contributed by atoms with van der Waals surface area (Å²) in [5.74, 6) is -2.15. The van der Waals surface area contributed by atoms with Crippen LogP contribution in [0.2, 0.25) is 0 Å². The largest absolute Gasteiger partial charge is 0.481 e. The highest BCUT2D eigenvalue weighted by Crippen LogP contribution is 2.58. The van der Waals surface area contributed by atoms with Crippen LogP contribution in [-0.2, 0) is 9.59 Å². The Balaban J connectivity index is 2.11. The van der Waals surface area contributed by atoms with Gasteiger partial charge in [0, 0.05) is 3.57 Å². The highest BCUT2D eigenvalue weighted by Gasteiger charge is 2.65. The molecule has 2 unspecified atom stereocenters. The van der Waals surface area contributed by atoms with Crippen molar-refractivity contribution in [1.82, 2.24) is 0 Å². The summed E-state index contributed by atoms with van der Waals surface area (Å²) < 4.78 is 0.939. The summed E-state index contributed by atoms with van der Waals surface area (Å²) in [6.45, 7) is 3.62. The van der Waals surface area contributed by atoms with Gasteiger partial charge in [-0.3, -0.25) is 9.59 Å². The molecule has 1 fully saturated rings. The molecule has 2 atom stereocenters. The Morgan fingerprint density at radius 1 is 1.28 bits per heavy atom. The molecular weight excluding hydrogens is 345 g/mol. The molecule has 18 heavy (non-hydrogen) atoms. The van der Waals surface area contributed by atoms with Crippen molar-refractivity contribution in [3.05, 3.63) is 27.8 Å². The van der Waals surface area contributed by atoms with E-state index in [1.165, 1.54) is 0 Å². The van der Waals surface area contributed by atoms with E-state index < -0.39 is 23.2 Å². The molecule has 0 radical (unpaired) electrons. The fourth-order valence-electron chi connectivity index (χ4n) is 2.36. The molecule has 1 aliphatic carbocycles. The van der Waals surface area contributed by atoms with Crippen LogP contribution in [0.25, 0.3) is 0 Å². The average Bonchev–Trinajstić information content (AvgIpc) is 2.85. The number of hydrogen-bond donors (Lipinski definition) is 2. The highest BCUT2D eigenvalue weighted by molar-refractivity contribution is 14.1. The van der Waals surface area contributed by atoms with Crippen LogP contribution in [0.3, 0.4) is 0 Å². The maximum Gasteiger partial charge on any atom is 0.307 e. The Kier molecular flexibility index (Phi) is 3.35. The van der Waals surface area contributed by atoms with Gasteiger partial charge in [-0.25, -0.2) is 0 Å². The van der Waals surface area contributed by atoms with Crippen molar-refractivity contribution in [2.45, 2.75) is 13.8 Å². The number of carbonyl (C=O) groups excluding carboxylic acids is 1. The summed E-state index contributed by atoms with van der Waals surface area (Å²) in [4.78, 5) is 23.1. The zero-order valence-corrected chi connectivity index (χ0v) is 12.3. The number of para-hydroxylation sites is 1. The van der Waals surface area contributed by atoms with E-state index in [0.29, 0.717) is 0 Å². The van der Waals surface area contributed by atoms with E-state index in [2.05, 4.69) is 27.9 Å². The third-order valence-electron chi connectivity index (χ3n) is 3.51. The van der Waals surface area contributed by atoms with Crippen LogP contribution in [0.5, 0.6) is 0 Å². The summed E-state index contributed by atoms with van der Waals surface area (Å²) in [6.07, 6.45) is 0. The molecule has 1 aromatic rings. The van der Waals surface area contributed by atoms with Crippen molar-refractivity contribution in [3.63, 3.8) is 0 Å². The van der Waals surface area contributed by atoms with Crippen molar-refractivity contribution >= 4 is 40.2 Å². The predicted molar refractivity (Wildman–Crippen MR) is 76.2 cm³/mol. The first-order valence-electron chi connectivity index (χ1n) is 5.64. The molecule has 4 nitrogen and oxygen atoms in total. The van der Waals surface area contributed by atoms with Crippen LogP contribution in [0, 0.1) is 20.8 Å². The molecule has 1 aliphatic rings. The zero-order chi connectivity index (χ0) is 13.5. The number of carbonyl (C=O) groups is 2. The third-order valence-corrected chi connectivity index (χ3v) is 4.45. The predicted octanol–water partition coefficient (Wildman–Crippen LogP) is 2.59. The quantitative estimate of drug-likeness (QED) is 0.816. The highest BCUT2D eigenvalue weighted by atomic mass is 127. The number of amides is 1. The van der Waals surface area contributed by atoms with E-state index >= 15 is 0 Å². The third kappa shape index (κ3) is 2.23. The van der Waals surface area contributed by atoms with Gasteiger partial charge in [-0.15, -0.1) is 0 Å². The molecular formula is C13H14INO3. The van der Waals surface area contributed by atoms with Crippen LogP contribution in [-0.4, -0.2) is 17.0 Å². The number of halogens is 1. The van der Waals surface area contributed by atoms with Crippen molar-refractivity contribution < 1.29 is 14.7 Å². The molecule has 5 heteroatoms. The minimum absolute atomic E-state index is 0.212. The Labute approximate surface area is 119 Å². The van der Waals surface area contributed by atoms with E-state index in [4.69, 9.17) is 5.11 Å². The number of aliphatic carboxylic acids is 1. The van der Waals surface area contributed by atoms with Crippen molar-refractivity contribution in [2.24, 2.45) is 17.3 Å². The van der Waals surface area contributed by atoms with E-state index in [1.54, 1.807) is 0 Å². The van der Waals surface area contributed by atoms with Crippen LogP contribution in [0.4, 0.5) is 5.69 Å². The van der Waals surface area contributed by atoms with Crippen LogP contribution < -0.4 is 5.32 Å². The van der Waals surface area contributed by atoms with Gasteiger partial charge in [-0.05, 0) is 40.1 Å². The second-order valence-corrected chi connectivity index (χ2v) is 6.25. The van der Waals surface area contributed by atoms with E-state index in [1.807, 2.05) is 38.1 Å². The normalized spacial score (nSPS) is 24.4. The second kappa shape index (κ2) is 4.53. The van der Waals surface area contributed by atoms with Gasteiger partial charge >= 0.3 is 5.97 Å². The molecule has 0 spiro atoms. The van der Waals surface area contributed by atoms with Gasteiger partial charge in [-0.1, -0.05) is 26.0 Å². The second-order valence-electron chi connectivity index (χ2n) is 5.08. The number of carboxylic acid groups (broad SMARTS) is 1. The van der Waals surface area contributed by atoms with Gasteiger partial charge in [0.15, 0.2) is 0 Å². The lowest BCUT2D eigenvalue weighted by Gasteiger charge is -2.07. The first-order chi connectivity index (χ1) is 8.35. The Morgan fingerprint density at radius 2 is 1.89 bits per heavy atom. The minimum atomic E-state index is -0.900. The molecule has 0 aliphatic heterocycles. The SMILES string of the molecule is CC1(C)C(C(=O)O)C1C(=O)Nc1ccccc1I. The monoisotopic (exact) mass is 359 g/mol. The van der Waals surface area contributed by atoms with Crippen LogP contribution in [0.1, 0.15) is 13.8 Å². The molecule has 0 aromatic heterocycles. The first-order valence-corrected chi connectivity index (χ1v) is 6.71. The average molecular weight is 359 g/mol. The molecule has 2 N–H and O–H groups in total. The number of carboxylic acids is 1. The van der Waals surface area contributed by atoms with Crippen molar-refractivity contribution in [1.29, 1.82) is 0 Å². The standard InChI is InChI=1S/C13H14INO3/c1-13(2)9(10(13)12(17)18)11(16)15-8-6-4-3-5-7(8)14/h3-6,9-10H,1-2H3,(H,15,16)(H,17,18). The van der Waals surface area contributed by atoms with E-state index in [0.717, 1.165) is 9.26 Å². The summed E-state index contributed by atoms with van der Waals surface area (Å²) >= 11 is 2.13. The first kappa shape index (κ1) is 13.3. The molecule has 1 amide bonds. The van der Waals surface area contributed by atoms with E-state index in [-0.39, 0.29) is 5.91 Å². The molecule has 1 saturated carbocycles. The van der Waals surface area contributed by atoms with Gasteiger partial charge in [0.25, 0.3) is 0 Å².